The largest absolute Gasteiger partial charge is 0.468 e. The normalized spacial score (nSPS) is 34.0. The lowest BCUT2D eigenvalue weighted by atomic mass is 9.71. The minimum absolute atomic E-state index is 0.0336. The predicted octanol–water partition coefficient (Wildman–Crippen LogP) is 0.539. The van der Waals surface area contributed by atoms with Crippen molar-refractivity contribution < 1.29 is 17.6 Å². The minimum atomic E-state index is -3.22. The maximum absolute atomic E-state index is 11.6. The van der Waals surface area contributed by atoms with Gasteiger partial charge >= 0.3 is 0 Å². The zero-order valence-electron chi connectivity index (χ0n) is 14.6. The van der Waals surface area contributed by atoms with E-state index >= 15 is 0 Å². The lowest BCUT2D eigenvalue weighted by Gasteiger charge is -2.49. The number of hydrogen-bond acceptors (Lipinski definition) is 6. The van der Waals surface area contributed by atoms with Crippen molar-refractivity contribution in [3.05, 3.63) is 24.2 Å². The second kappa shape index (κ2) is 7.00. The molecule has 2 N–H and O–H groups in total. The Morgan fingerprint density at radius 2 is 2.04 bits per heavy atom. The number of rotatable bonds is 6. The van der Waals surface area contributed by atoms with E-state index in [-0.39, 0.29) is 18.2 Å². The van der Waals surface area contributed by atoms with Gasteiger partial charge in [-0.05, 0) is 31.4 Å². The first-order valence-corrected chi connectivity index (χ1v) is 11.0. The molecular weight excluding hydrogens is 342 g/mol. The summed E-state index contributed by atoms with van der Waals surface area (Å²) in [6.45, 7) is 3.65. The molecule has 7 nitrogen and oxygen atoms in total. The molecule has 25 heavy (non-hydrogen) atoms. The highest BCUT2D eigenvalue weighted by molar-refractivity contribution is 7.88. The molecule has 0 amide bonds. The van der Waals surface area contributed by atoms with Gasteiger partial charge in [-0.25, -0.2) is 13.1 Å². The van der Waals surface area contributed by atoms with Crippen molar-refractivity contribution in [1.82, 2.24) is 14.9 Å². The molecule has 2 saturated heterocycles. The van der Waals surface area contributed by atoms with Gasteiger partial charge in [-0.2, -0.15) is 0 Å². The van der Waals surface area contributed by atoms with Crippen molar-refractivity contribution in [3.63, 3.8) is 0 Å². The van der Waals surface area contributed by atoms with Gasteiger partial charge in [0.1, 0.15) is 5.76 Å². The topological polar surface area (TPSA) is 83.8 Å². The van der Waals surface area contributed by atoms with Gasteiger partial charge < -0.3 is 14.5 Å². The number of fused-ring (bicyclic) bond motifs is 1. The molecule has 0 aromatic carbocycles. The summed E-state index contributed by atoms with van der Waals surface area (Å²) in [4.78, 5) is 2.41. The SMILES string of the molecule is CS(=O)(=O)N[C@H]1[C@H](NC2CCN(Cc3ccco3)CC2)[C@@H]2CCO[C@@H]21. The molecule has 140 valence electrons. The van der Waals surface area contributed by atoms with Crippen LogP contribution in [0.5, 0.6) is 0 Å². The third kappa shape index (κ3) is 3.93. The van der Waals surface area contributed by atoms with E-state index in [2.05, 4.69) is 14.9 Å². The van der Waals surface area contributed by atoms with Crippen LogP contribution in [0.25, 0.3) is 0 Å². The first-order valence-electron chi connectivity index (χ1n) is 9.09. The summed E-state index contributed by atoms with van der Waals surface area (Å²) in [5.41, 5.74) is 0. The quantitative estimate of drug-likeness (QED) is 0.761. The lowest BCUT2D eigenvalue weighted by molar-refractivity contribution is -0.0273. The van der Waals surface area contributed by atoms with E-state index in [1.165, 1.54) is 6.26 Å². The summed E-state index contributed by atoms with van der Waals surface area (Å²) in [6, 6.07) is 4.42. The van der Waals surface area contributed by atoms with Gasteiger partial charge in [0.05, 0.1) is 31.2 Å². The maximum atomic E-state index is 11.6. The fourth-order valence-electron chi connectivity index (χ4n) is 4.47. The van der Waals surface area contributed by atoms with Crippen LogP contribution in [0.3, 0.4) is 0 Å². The molecule has 0 bridgehead atoms. The summed E-state index contributed by atoms with van der Waals surface area (Å²) in [5.74, 6) is 1.44. The van der Waals surface area contributed by atoms with Gasteiger partial charge in [-0.1, -0.05) is 0 Å². The van der Waals surface area contributed by atoms with Crippen LogP contribution in [0.1, 0.15) is 25.0 Å². The Balaban J connectivity index is 1.30. The third-order valence-electron chi connectivity index (χ3n) is 5.71. The summed E-state index contributed by atoms with van der Waals surface area (Å²) in [7, 11) is -3.22. The second-order valence-electron chi connectivity index (χ2n) is 7.53. The highest BCUT2D eigenvalue weighted by Gasteiger charge is 2.55. The number of hydrogen-bond donors (Lipinski definition) is 2. The van der Waals surface area contributed by atoms with Crippen LogP contribution in [0, 0.1) is 5.92 Å². The van der Waals surface area contributed by atoms with Crippen molar-refractivity contribution >= 4 is 10.0 Å². The van der Waals surface area contributed by atoms with Crippen LogP contribution in [0.4, 0.5) is 0 Å². The van der Waals surface area contributed by atoms with Crippen molar-refractivity contribution in [2.45, 2.75) is 50.0 Å². The van der Waals surface area contributed by atoms with Gasteiger partial charge in [0, 0.05) is 37.7 Å². The zero-order chi connectivity index (χ0) is 17.4. The van der Waals surface area contributed by atoms with E-state index in [9.17, 15) is 8.42 Å². The first-order chi connectivity index (χ1) is 12.0. The van der Waals surface area contributed by atoms with E-state index in [0.29, 0.717) is 12.0 Å². The summed E-state index contributed by atoms with van der Waals surface area (Å²) in [6.07, 6.45) is 6.13. The molecule has 3 heterocycles. The Bertz CT molecular complexity index is 670. The molecule has 2 aliphatic heterocycles. The molecule has 0 unspecified atom stereocenters. The third-order valence-corrected chi connectivity index (χ3v) is 6.41. The monoisotopic (exact) mass is 369 g/mol. The molecule has 0 spiro atoms. The van der Waals surface area contributed by atoms with E-state index in [0.717, 1.165) is 51.3 Å². The van der Waals surface area contributed by atoms with E-state index in [1.807, 2.05) is 12.1 Å². The van der Waals surface area contributed by atoms with Gasteiger partial charge in [0.25, 0.3) is 0 Å². The summed E-state index contributed by atoms with van der Waals surface area (Å²) < 4.78 is 37.2. The number of nitrogens with zero attached hydrogens (tertiary/aromatic N) is 1. The molecule has 8 heteroatoms. The van der Waals surface area contributed by atoms with E-state index < -0.39 is 10.0 Å². The standard InChI is InChI=1S/C17H27N3O4S/c1-25(21,22)19-16-15(14-6-10-24-17(14)16)18-12-4-7-20(8-5-12)11-13-3-2-9-23-13/h2-3,9,12,14-19H,4-8,10-11H2,1H3/t14-,15+,16-,17-/m0/s1. The van der Waals surface area contributed by atoms with Gasteiger partial charge in [0.15, 0.2) is 0 Å². The Morgan fingerprint density at radius 3 is 2.72 bits per heavy atom. The highest BCUT2D eigenvalue weighted by Crippen LogP contribution is 2.40. The average Bonchev–Trinajstić information content (AvgIpc) is 3.21. The fraction of sp³-hybridized carbons (Fsp3) is 0.765. The van der Waals surface area contributed by atoms with Gasteiger partial charge in [0.2, 0.25) is 10.0 Å². The van der Waals surface area contributed by atoms with E-state index in [1.54, 1.807) is 6.26 Å². The second-order valence-corrected chi connectivity index (χ2v) is 9.31. The molecule has 1 aliphatic carbocycles. The first kappa shape index (κ1) is 17.5. The molecule has 3 aliphatic rings. The molecule has 3 fully saturated rings. The van der Waals surface area contributed by atoms with Crippen LogP contribution in [0.15, 0.2) is 22.8 Å². The number of piperidine rings is 1. The van der Waals surface area contributed by atoms with Crippen LogP contribution in [-0.4, -0.2) is 63.5 Å². The number of furan rings is 1. The van der Waals surface area contributed by atoms with Crippen molar-refractivity contribution in [3.8, 4) is 0 Å². The number of sulfonamides is 1. The predicted molar refractivity (Wildman–Crippen MR) is 93.5 cm³/mol. The van der Waals surface area contributed by atoms with Gasteiger partial charge in [-0.3, -0.25) is 4.90 Å². The lowest BCUT2D eigenvalue weighted by Crippen LogP contribution is -2.71. The smallest absolute Gasteiger partial charge is 0.209 e. The Hall–Kier alpha value is -0.930. The number of likely N-dealkylation sites (tertiary alicyclic amines) is 1. The average molecular weight is 369 g/mol. The summed E-state index contributed by atoms with van der Waals surface area (Å²) in [5, 5.41) is 3.72. The Kier molecular flexibility index (Phi) is 4.89. The fourth-order valence-corrected chi connectivity index (χ4v) is 5.25. The maximum Gasteiger partial charge on any atom is 0.209 e. The van der Waals surface area contributed by atoms with Crippen molar-refractivity contribution in [1.29, 1.82) is 0 Å². The number of nitrogens with one attached hydrogen (secondary N) is 2. The van der Waals surface area contributed by atoms with Crippen molar-refractivity contribution in [2.75, 3.05) is 26.0 Å². The van der Waals surface area contributed by atoms with Crippen LogP contribution in [0.2, 0.25) is 0 Å². The Morgan fingerprint density at radius 1 is 1.24 bits per heavy atom. The molecule has 4 atom stereocenters. The van der Waals surface area contributed by atoms with Crippen LogP contribution >= 0.6 is 0 Å². The molecule has 1 aromatic heterocycles. The zero-order valence-corrected chi connectivity index (χ0v) is 15.4. The highest BCUT2D eigenvalue weighted by atomic mass is 32.2. The van der Waals surface area contributed by atoms with Crippen molar-refractivity contribution in [2.24, 2.45) is 5.92 Å². The van der Waals surface area contributed by atoms with Crippen LogP contribution < -0.4 is 10.0 Å². The molecule has 4 rings (SSSR count). The molecule has 1 aromatic rings. The van der Waals surface area contributed by atoms with Gasteiger partial charge in [-0.15, -0.1) is 0 Å². The molecular formula is C17H27N3O4S. The Labute approximate surface area is 149 Å². The van der Waals surface area contributed by atoms with E-state index in [4.69, 9.17) is 9.15 Å². The van der Waals surface area contributed by atoms with Crippen LogP contribution in [-0.2, 0) is 21.3 Å². The molecule has 1 saturated carbocycles. The summed E-state index contributed by atoms with van der Waals surface area (Å²) >= 11 is 0. The molecule has 0 radical (unpaired) electrons. The minimum Gasteiger partial charge on any atom is -0.468 e. The number of ether oxygens (including phenoxy) is 1.